The average Bonchev–Trinajstić information content (AvgIpc) is 2.93. The van der Waals surface area contributed by atoms with Crippen molar-refractivity contribution in [3.63, 3.8) is 0 Å². The summed E-state index contributed by atoms with van der Waals surface area (Å²) in [6.45, 7) is 0. The van der Waals surface area contributed by atoms with Gasteiger partial charge in [0.05, 0.1) is 10.7 Å². The second-order valence-electron chi connectivity index (χ2n) is 5.74. The van der Waals surface area contributed by atoms with Gasteiger partial charge in [-0.2, -0.15) is 0 Å². The summed E-state index contributed by atoms with van der Waals surface area (Å²) in [5.41, 5.74) is 16.8. The van der Waals surface area contributed by atoms with Gasteiger partial charge in [0.25, 0.3) is 0 Å². The third kappa shape index (κ3) is 2.64. The molecule has 0 unspecified atom stereocenters. The van der Waals surface area contributed by atoms with Gasteiger partial charge in [-0.25, -0.2) is 4.39 Å². The molecule has 4 N–H and O–H groups in total. The molecule has 0 radical (unpaired) electrons. The SMILES string of the molecule is Nc1sc2c(-c3ccccc3)ccc(-c3ccc(F)c(Cl)c3)c2c1N. The van der Waals surface area contributed by atoms with Crippen molar-refractivity contribution in [1.82, 2.24) is 0 Å². The van der Waals surface area contributed by atoms with Crippen LogP contribution in [0, 0.1) is 5.82 Å². The molecule has 1 aromatic heterocycles. The van der Waals surface area contributed by atoms with E-state index in [9.17, 15) is 4.39 Å². The fourth-order valence-electron chi connectivity index (χ4n) is 2.99. The van der Waals surface area contributed by atoms with Crippen molar-refractivity contribution in [2.24, 2.45) is 0 Å². The van der Waals surface area contributed by atoms with Gasteiger partial charge in [-0.3, -0.25) is 0 Å². The number of nitrogens with two attached hydrogens (primary N) is 2. The second kappa shape index (κ2) is 6.06. The zero-order valence-electron chi connectivity index (χ0n) is 13.1. The minimum Gasteiger partial charge on any atom is -0.396 e. The predicted molar refractivity (Wildman–Crippen MR) is 106 cm³/mol. The molecule has 0 fully saturated rings. The Balaban J connectivity index is 2.03. The third-order valence-electron chi connectivity index (χ3n) is 4.22. The van der Waals surface area contributed by atoms with Crippen LogP contribution < -0.4 is 11.5 Å². The van der Waals surface area contributed by atoms with Crippen LogP contribution in [0.3, 0.4) is 0 Å². The van der Waals surface area contributed by atoms with E-state index in [-0.39, 0.29) is 5.02 Å². The highest BCUT2D eigenvalue weighted by Crippen LogP contribution is 2.46. The quantitative estimate of drug-likeness (QED) is 0.443. The fourth-order valence-corrected chi connectivity index (χ4v) is 4.22. The van der Waals surface area contributed by atoms with Gasteiger partial charge in [0.15, 0.2) is 0 Å². The smallest absolute Gasteiger partial charge is 0.141 e. The Morgan fingerprint density at radius 3 is 2.28 bits per heavy atom. The largest absolute Gasteiger partial charge is 0.396 e. The van der Waals surface area contributed by atoms with E-state index in [2.05, 4.69) is 12.1 Å². The summed E-state index contributed by atoms with van der Waals surface area (Å²) in [5, 5.41) is 1.54. The predicted octanol–water partition coefficient (Wildman–Crippen LogP) is 6.19. The van der Waals surface area contributed by atoms with Gasteiger partial charge in [-0.1, -0.05) is 60.1 Å². The fraction of sp³-hybridized carbons (Fsp3) is 0. The summed E-state index contributed by atoms with van der Waals surface area (Å²) in [6, 6.07) is 18.8. The Labute approximate surface area is 153 Å². The first kappa shape index (κ1) is 15.9. The number of fused-ring (bicyclic) bond motifs is 1. The zero-order valence-corrected chi connectivity index (χ0v) is 14.7. The monoisotopic (exact) mass is 368 g/mol. The van der Waals surface area contributed by atoms with Crippen LogP contribution in [0.4, 0.5) is 15.1 Å². The summed E-state index contributed by atoms with van der Waals surface area (Å²) in [7, 11) is 0. The van der Waals surface area contributed by atoms with Crippen molar-refractivity contribution in [1.29, 1.82) is 0 Å². The van der Waals surface area contributed by atoms with Gasteiger partial charge >= 0.3 is 0 Å². The molecule has 2 nitrogen and oxygen atoms in total. The molecule has 0 saturated heterocycles. The number of benzene rings is 3. The van der Waals surface area contributed by atoms with Crippen LogP contribution >= 0.6 is 22.9 Å². The molecule has 0 aliphatic carbocycles. The van der Waals surface area contributed by atoms with Crippen LogP contribution in [0.25, 0.3) is 32.3 Å². The van der Waals surface area contributed by atoms with E-state index >= 15 is 0 Å². The molecule has 0 saturated carbocycles. The Bertz CT molecular complexity index is 1090. The van der Waals surface area contributed by atoms with E-state index in [1.165, 1.54) is 17.4 Å². The zero-order chi connectivity index (χ0) is 17.6. The first-order valence-corrected chi connectivity index (χ1v) is 8.87. The molecule has 3 aromatic carbocycles. The standard InChI is InChI=1S/C20H14ClFN2S/c21-15-10-12(6-9-16(15)22)13-7-8-14(11-4-2-1-3-5-11)19-17(13)18(23)20(24)25-19/h1-10H,23-24H2. The highest BCUT2D eigenvalue weighted by Gasteiger charge is 2.17. The molecule has 124 valence electrons. The molecule has 0 aliphatic heterocycles. The molecule has 4 aromatic rings. The summed E-state index contributed by atoms with van der Waals surface area (Å²) >= 11 is 7.42. The Morgan fingerprint density at radius 2 is 1.56 bits per heavy atom. The number of anilines is 2. The normalized spacial score (nSPS) is 11.1. The van der Waals surface area contributed by atoms with E-state index in [1.807, 2.05) is 30.3 Å². The summed E-state index contributed by atoms with van der Waals surface area (Å²) in [6.07, 6.45) is 0. The second-order valence-corrected chi connectivity index (χ2v) is 7.20. The van der Waals surface area contributed by atoms with Gasteiger partial charge in [0.1, 0.15) is 10.8 Å². The topological polar surface area (TPSA) is 52.0 Å². The first-order valence-electron chi connectivity index (χ1n) is 7.67. The van der Waals surface area contributed by atoms with E-state index in [1.54, 1.807) is 12.1 Å². The highest BCUT2D eigenvalue weighted by molar-refractivity contribution is 7.24. The van der Waals surface area contributed by atoms with E-state index in [0.717, 1.165) is 32.3 Å². The number of rotatable bonds is 2. The van der Waals surface area contributed by atoms with E-state index in [0.29, 0.717) is 10.7 Å². The van der Waals surface area contributed by atoms with Gasteiger partial charge in [-0.05, 0) is 34.4 Å². The molecule has 5 heteroatoms. The van der Waals surface area contributed by atoms with Gasteiger partial charge in [0.2, 0.25) is 0 Å². The lowest BCUT2D eigenvalue weighted by Gasteiger charge is -2.10. The summed E-state index contributed by atoms with van der Waals surface area (Å²) < 4.78 is 14.5. The molecule has 1 heterocycles. The van der Waals surface area contributed by atoms with Gasteiger partial charge in [-0.15, -0.1) is 11.3 Å². The van der Waals surface area contributed by atoms with Crippen molar-refractivity contribution in [3.05, 3.63) is 71.5 Å². The number of hydrogen-bond acceptors (Lipinski definition) is 3. The molecule has 0 atom stereocenters. The van der Waals surface area contributed by atoms with Crippen LogP contribution in [-0.2, 0) is 0 Å². The summed E-state index contributed by atoms with van der Waals surface area (Å²) in [5.74, 6) is -0.444. The lowest BCUT2D eigenvalue weighted by atomic mass is 9.96. The van der Waals surface area contributed by atoms with Crippen LogP contribution in [0.1, 0.15) is 0 Å². The molecule has 0 bridgehead atoms. The Hall–Kier alpha value is -2.56. The van der Waals surface area contributed by atoms with E-state index in [4.69, 9.17) is 23.1 Å². The van der Waals surface area contributed by atoms with Crippen molar-refractivity contribution in [3.8, 4) is 22.3 Å². The van der Waals surface area contributed by atoms with Gasteiger partial charge in [0, 0.05) is 10.1 Å². The molecule has 4 rings (SSSR count). The van der Waals surface area contributed by atoms with Crippen LogP contribution in [0.15, 0.2) is 60.7 Å². The van der Waals surface area contributed by atoms with Crippen LogP contribution in [0.2, 0.25) is 5.02 Å². The molecule has 0 spiro atoms. The first-order chi connectivity index (χ1) is 12.1. The maximum absolute atomic E-state index is 13.5. The maximum atomic E-state index is 13.5. The van der Waals surface area contributed by atoms with Crippen molar-refractivity contribution >= 4 is 43.7 Å². The maximum Gasteiger partial charge on any atom is 0.141 e. The number of hydrogen-bond donors (Lipinski definition) is 2. The lowest BCUT2D eigenvalue weighted by Crippen LogP contribution is -1.91. The summed E-state index contributed by atoms with van der Waals surface area (Å²) in [4.78, 5) is 0. The Morgan fingerprint density at radius 1 is 0.840 bits per heavy atom. The Kier molecular flexibility index (Phi) is 3.86. The van der Waals surface area contributed by atoms with Crippen molar-refractivity contribution in [2.75, 3.05) is 11.5 Å². The van der Waals surface area contributed by atoms with Crippen molar-refractivity contribution in [2.45, 2.75) is 0 Å². The minimum atomic E-state index is -0.444. The molecule has 0 amide bonds. The number of thiophene rings is 1. The lowest BCUT2D eigenvalue weighted by molar-refractivity contribution is 0.628. The molecular weight excluding hydrogens is 355 g/mol. The van der Waals surface area contributed by atoms with Gasteiger partial charge < -0.3 is 11.5 Å². The number of nitrogen functional groups attached to an aromatic ring is 2. The highest BCUT2D eigenvalue weighted by atomic mass is 35.5. The van der Waals surface area contributed by atoms with Crippen LogP contribution in [0.5, 0.6) is 0 Å². The molecule has 0 aliphatic rings. The minimum absolute atomic E-state index is 0.0829. The molecule has 25 heavy (non-hydrogen) atoms. The molecular formula is C20H14ClFN2S. The third-order valence-corrected chi connectivity index (χ3v) is 5.58. The van der Waals surface area contributed by atoms with Crippen molar-refractivity contribution < 1.29 is 4.39 Å². The van der Waals surface area contributed by atoms with Crippen LogP contribution in [-0.4, -0.2) is 0 Å². The van der Waals surface area contributed by atoms with E-state index < -0.39 is 5.82 Å². The average molecular weight is 369 g/mol. The number of halogens is 2.